The molecule has 0 aliphatic carbocycles. The molecule has 2 aromatic carbocycles. The second-order valence-corrected chi connectivity index (χ2v) is 5.78. The van der Waals surface area contributed by atoms with Gasteiger partial charge in [0.1, 0.15) is 0 Å². The van der Waals surface area contributed by atoms with Crippen LogP contribution in [-0.2, 0) is 16.1 Å². The zero-order valence-electron chi connectivity index (χ0n) is 13.4. The van der Waals surface area contributed by atoms with E-state index in [1.165, 1.54) is 18.0 Å². The fourth-order valence-electron chi connectivity index (χ4n) is 3.20. The van der Waals surface area contributed by atoms with Crippen LogP contribution in [0.5, 0.6) is 0 Å². The molecule has 2 amide bonds. The lowest BCUT2D eigenvalue weighted by atomic mass is 10.1. The molecule has 0 radical (unpaired) electrons. The van der Waals surface area contributed by atoms with Gasteiger partial charge in [0.15, 0.2) is 5.76 Å². The first kappa shape index (κ1) is 14.5. The number of nitrogens with zero attached hydrogens (tertiary/aromatic N) is 2. The van der Waals surface area contributed by atoms with E-state index in [0.717, 1.165) is 27.9 Å². The number of hydrogen-bond acceptors (Lipinski definition) is 3. The largest absolute Gasteiger partial charge is 0.422 e. The molecule has 0 N–H and O–H groups in total. The Morgan fingerprint density at radius 3 is 2.50 bits per heavy atom. The summed E-state index contributed by atoms with van der Waals surface area (Å²) in [4.78, 5) is 24.4. The summed E-state index contributed by atoms with van der Waals surface area (Å²) >= 11 is 0. The number of benzene rings is 2. The maximum absolute atomic E-state index is 12.0. The Balaban J connectivity index is 1.89. The summed E-state index contributed by atoms with van der Waals surface area (Å²) < 4.78 is 7.27. The van der Waals surface area contributed by atoms with Crippen molar-refractivity contribution < 1.29 is 14.3 Å². The van der Waals surface area contributed by atoms with Crippen molar-refractivity contribution in [2.75, 3.05) is 7.05 Å². The van der Waals surface area contributed by atoms with E-state index < -0.39 is 12.0 Å². The molecule has 120 valence electrons. The molecule has 3 aromatic rings. The van der Waals surface area contributed by atoms with Crippen molar-refractivity contribution in [1.82, 2.24) is 9.47 Å². The van der Waals surface area contributed by atoms with Crippen LogP contribution in [0.1, 0.15) is 12.5 Å². The number of carbonyl (C=O) groups is 2. The predicted octanol–water partition coefficient (Wildman–Crippen LogP) is 3.76. The van der Waals surface area contributed by atoms with Gasteiger partial charge in [-0.15, -0.1) is 0 Å². The van der Waals surface area contributed by atoms with E-state index in [4.69, 9.17) is 4.74 Å². The molecule has 1 aliphatic heterocycles. The predicted molar refractivity (Wildman–Crippen MR) is 92.3 cm³/mol. The fraction of sp³-hybridized carbons (Fsp3) is 0.158. The number of amides is 2. The lowest BCUT2D eigenvalue weighted by Crippen LogP contribution is -2.23. The Morgan fingerprint density at radius 2 is 1.79 bits per heavy atom. The number of rotatable bonds is 2. The number of aromatic nitrogens is 1. The van der Waals surface area contributed by atoms with Crippen LogP contribution in [0.15, 0.2) is 48.2 Å². The Morgan fingerprint density at radius 1 is 1.04 bits per heavy atom. The number of para-hydroxylation sites is 1. The van der Waals surface area contributed by atoms with Crippen molar-refractivity contribution in [2.24, 2.45) is 0 Å². The third-order valence-corrected chi connectivity index (χ3v) is 4.40. The van der Waals surface area contributed by atoms with Crippen LogP contribution < -0.4 is 0 Å². The first-order valence-electron chi connectivity index (χ1n) is 7.82. The first-order chi connectivity index (χ1) is 11.6. The average molecular weight is 320 g/mol. The summed E-state index contributed by atoms with van der Waals surface area (Å²) in [6, 6.07) is 14.2. The molecule has 4 rings (SSSR count). The third kappa shape index (κ3) is 2.01. The molecular weight excluding hydrogens is 304 g/mol. The first-order valence-corrected chi connectivity index (χ1v) is 7.82. The number of imide groups is 1. The number of fused-ring (bicyclic) bond motifs is 3. The highest BCUT2D eigenvalue weighted by atomic mass is 16.6. The van der Waals surface area contributed by atoms with Crippen LogP contribution in [0.3, 0.4) is 0 Å². The Kier molecular flexibility index (Phi) is 3.16. The van der Waals surface area contributed by atoms with E-state index in [-0.39, 0.29) is 5.76 Å². The molecule has 1 aromatic heterocycles. The van der Waals surface area contributed by atoms with E-state index >= 15 is 0 Å². The molecule has 1 fully saturated rings. The summed E-state index contributed by atoms with van der Waals surface area (Å²) in [5.41, 5.74) is 3.16. The van der Waals surface area contributed by atoms with Gasteiger partial charge in [-0.2, -0.15) is 0 Å². The molecule has 0 bridgehead atoms. The molecule has 1 aliphatic rings. The van der Waals surface area contributed by atoms with Crippen LogP contribution in [0.4, 0.5) is 4.79 Å². The number of carbonyl (C=O) groups excluding carboxylic acids is 2. The van der Waals surface area contributed by atoms with Gasteiger partial charge in [0.25, 0.3) is 5.91 Å². The van der Waals surface area contributed by atoms with Crippen molar-refractivity contribution in [3.8, 4) is 0 Å². The standard InChI is InChI=1S/C19H16N2O3/c1-3-21-15-7-5-4-6-13(15)14-10-12(8-9-16(14)21)11-17-18(22)20(2)19(23)24-17/h4-11H,3H2,1-2H3. The van der Waals surface area contributed by atoms with Gasteiger partial charge in [0.05, 0.1) is 0 Å². The van der Waals surface area contributed by atoms with E-state index in [9.17, 15) is 9.59 Å². The van der Waals surface area contributed by atoms with Gasteiger partial charge in [-0.3, -0.25) is 4.79 Å². The summed E-state index contributed by atoms with van der Waals surface area (Å²) in [5.74, 6) is -0.364. The monoisotopic (exact) mass is 320 g/mol. The Labute approximate surface area is 138 Å². The summed E-state index contributed by atoms with van der Waals surface area (Å²) in [7, 11) is 1.41. The normalized spacial score (nSPS) is 16.6. The number of likely N-dealkylation sites (N-methyl/N-ethyl adjacent to an activating group) is 1. The van der Waals surface area contributed by atoms with Gasteiger partial charge in [0, 0.05) is 35.4 Å². The van der Waals surface area contributed by atoms with Gasteiger partial charge in [0.2, 0.25) is 0 Å². The number of cyclic esters (lactones) is 1. The van der Waals surface area contributed by atoms with E-state index in [1.54, 1.807) is 6.08 Å². The van der Waals surface area contributed by atoms with Crippen LogP contribution in [-0.4, -0.2) is 28.5 Å². The van der Waals surface area contributed by atoms with Crippen molar-refractivity contribution in [3.63, 3.8) is 0 Å². The molecule has 0 saturated carbocycles. The lowest BCUT2D eigenvalue weighted by Gasteiger charge is -2.03. The number of aryl methyl sites for hydroxylation is 1. The maximum Gasteiger partial charge on any atom is 0.422 e. The van der Waals surface area contributed by atoms with Crippen molar-refractivity contribution in [2.45, 2.75) is 13.5 Å². The molecule has 5 heteroatoms. The average Bonchev–Trinajstić information content (AvgIpc) is 3.04. The molecular formula is C19H16N2O3. The topological polar surface area (TPSA) is 51.5 Å². The van der Waals surface area contributed by atoms with Gasteiger partial charge in [-0.25, -0.2) is 9.69 Å². The Hall–Kier alpha value is -3.08. The van der Waals surface area contributed by atoms with Crippen LogP contribution in [0, 0.1) is 0 Å². The fourth-order valence-corrected chi connectivity index (χ4v) is 3.20. The highest BCUT2D eigenvalue weighted by molar-refractivity contribution is 6.11. The zero-order valence-corrected chi connectivity index (χ0v) is 13.4. The second kappa shape index (κ2) is 5.23. The van der Waals surface area contributed by atoms with Crippen molar-refractivity contribution >= 4 is 39.9 Å². The van der Waals surface area contributed by atoms with E-state index in [0.29, 0.717) is 0 Å². The molecule has 0 unspecified atom stereocenters. The molecule has 2 heterocycles. The highest BCUT2D eigenvalue weighted by Crippen LogP contribution is 2.30. The SMILES string of the molecule is CCn1c2ccccc2c2cc(C=C3OC(=O)N(C)C3=O)ccc21. The van der Waals surface area contributed by atoms with Crippen molar-refractivity contribution in [3.05, 3.63) is 53.8 Å². The minimum Gasteiger partial charge on any atom is -0.404 e. The van der Waals surface area contributed by atoms with Crippen LogP contribution >= 0.6 is 0 Å². The van der Waals surface area contributed by atoms with Gasteiger partial charge in [-0.05, 0) is 36.8 Å². The number of ether oxygens (including phenoxy) is 1. The maximum atomic E-state index is 12.0. The number of hydrogen-bond donors (Lipinski definition) is 0. The molecule has 5 nitrogen and oxygen atoms in total. The quantitative estimate of drug-likeness (QED) is 0.676. The minimum atomic E-state index is -0.644. The minimum absolute atomic E-state index is 0.0566. The van der Waals surface area contributed by atoms with Crippen LogP contribution in [0.25, 0.3) is 27.9 Å². The van der Waals surface area contributed by atoms with E-state index in [2.05, 4.69) is 23.6 Å². The molecule has 24 heavy (non-hydrogen) atoms. The summed E-state index contributed by atoms with van der Waals surface area (Å²) in [6.45, 7) is 3.00. The Bertz CT molecular complexity index is 1030. The second-order valence-electron chi connectivity index (χ2n) is 5.78. The lowest BCUT2D eigenvalue weighted by molar-refractivity contribution is -0.122. The highest BCUT2D eigenvalue weighted by Gasteiger charge is 2.33. The zero-order chi connectivity index (χ0) is 16.8. The molecule has 0 spiro atoms. The third-order valence-electron chi connectivity index (χ3n) is 4.40. The van der Waals surface area contributed by atoms with Gasteiger partial charge in [-0.1, -0.05) is 24.3 Å². The molecule has 0 atom stereocenters. The summed E-state index contributed by atoms with van der Waals surface area (Å²) in [6.07, 6.45) is 0.969. The smallest absolute Gasteiger partial charge is 0.404 e. The van der Waals surface area contributed by atoms with Crippen LogP contribution in [0.2, 0.25) is 0 Å². The summed E-state index contributed by atoms with van der Waals surface area (Å²) in [5, 5.41) is 2.29. The van der Waals surface area contributed by atoms with E-state index in [1.807, 2.05) is 30.3 Å². The van der Waals surface area contributed by atoms with Gasteiger partial charge >= 0.3 is 6.09 Å². The van der Waals surface area contributed by atoms with Gasteiger partial charge < -0.3 is 9.30 Å². The van der Waals surface area contributed by atoms with Crippen molar-refractivity contribution in [1.29, 1.82) is 0 Å². The molecule has 1 saturated heterocycles.